The molecule has 0 aliphatic carbocycles. The number of anilines is 1. The van der Waals surface area contributed by atoms with Crippen LogP contribution in [0.25, 0.3) is 10.2 Å². The van der Waals surface area contributed by atoms with E-state index in [-0.39, 0.29) is 5.91 Å². The Kier molecular flexibility index (Phi) is 5.02. The summed E-state index contributed by atoms with van der Waals surface area (Å²) < 4.78 is 6.74. The Labute approximate surface area is 149 Å². The fourth-order valence-electron chi connectivity index (χ4n) is 2.36. The summed E-state index contributed by atoms with van der Waals surface area (Å²) in [6.45, 7) is 4.20. The first-order valence-electron chi connectivity index (χ1n) is 7.67. The van der Waals surface area contributed by atoms with Gasteiger partial charge in [0.15, 0.2) is 11.2 Å². The molecule has 1 unspecified atom stereocenters. The van der Waals surface area contributed by atoms with Crippen LogP contribution in [0.5, 0.6) is 5.75 Å². The number of fused-ring (bicyclic) bond motifs is 1. The molecule has 0 fully saturated rings. The Morgan fingerprint density at radius 2 is 2.04 bits per heavy atom. The topological polar surface area (TPSA) is 42.4 Å². The molecule has 1 heterocycles. The van der Waals surface area contributed by atoms with Crippen LogP contribution < -0.4 is 9.64 Å². The molecular formula is C18H17ClN2O2S. The Bertz CT molecular complexity index is 851. The highest BCUT2D eigenvalue weighted by molar-refractivity contribution is 7.22. The first kappa shape index (κ1) is 16.7. The van der Waals surface area contributed by atoms with Gasteiger partial charge in [0.1, 0.15) is 5.75 Å². The van der Waals surface area contributed by atoms with Gasteiger partial charge in [-0.15, -0.1) is 0 Å². The molecule has 4 nitrogen and oxygen atoms in total. The predicted octanol–water partition coefficient (Wildman–Crippen LogP) is 4.77. The molecule has 0 bridgehead atoms. The average Bonchev–Trinajstić information content (AvgIpc) is 2.99. The van der Waals surface area contributed by atoms with E-state index >= 15 is 0 Å². The number of nitrogens with zero attached hydrogens (tertiary/aromatic N) is 2. The molecule has 0 aliphatic rings. The predicted molar refractivity (Wildman–Crippen MR) is 99.2 cm³/mol. The van der Waals surface area contributed by atoms with Crippen molar-refractivity contribution < 1.29 is 9.53 Å². The molecule has 0 saturated carbocycles. The fourth-order valence-corrected chi connectivity index (χ4v) is 3.54. The Morgan fingerprint density at radius 1 is 1.29 bits per heavy atom. The van der Waals surface area contributed by atoms with Gasteiger partial charge in [0.25, 0.3) is 5.91 Å². The first-order valence-corrected chi connectivity index (χ1v) is 8.87. The van der Waals surface area contributed by atoms with E-state index in [1.165, 1.54) is 11.3 Å². The Morgan fingerprint density at radius 3 is 2.75 bits per heavy atom. The number of hydrogen-bond acceptors (Lipinski definition) is 4. The second-order valence-electron chi connectivity index (χ2n) is 5.26. The van der Waals surface area contributed by atoms with E-state index in [1.54, 1.807) is 17.9 Å². The van der Waals surface area contributed by atoms with Crippen molar-refractivity contribution in [3.8, 4) is 5.75 Å². The van der Waals surface area contributed by atoms with Crippen LogP contribution in [0.4, 0.5) is 5.13 Å². The number of amides is 1. The molecule has 0 aliphatic heterocycles. The van der Waals surface area contributed by atoms with E-state index in [2.05, 4.69) is 4.98 Å². The van der Waals surface area contributed by atoms with Crippen LogP contribution in [0, 0.1) is 0 Å². The lowest BCUT2D eigenvalue weighted by atomic mass is 10.3. The molecule has 0 radical (unpaired) electrons. The Hall–Kier alpha value is -2.11. The zero-order valence-corrected chi connectivity index (χ0v) is 15.0. The van der Waals surface area contributed by atoms with Crippen molar-refractivity contribution in [2.24, 2.45) is 0 Å². The smallest absolute Gasteiger partial charge is 0.269 e. The van der Waals surface area contributed by atoms with E-state index < -0.39 is 6.10 Å². The minimum absolute atomic E-state index is 0.119. The Balaban J connectivity index is 1.82. The summed E-state index contributed by atoms with van der Waals surface area (Å²) in [5, 5.41) is 1.29. The number of halogens is 1. The van der Waals surface area contributed by atoms with Gasteiger partial charge in [-0.2, -0.15) is 0 Å². The number of carbonyl (C=O) groups is 1. The summed E-state index contributed by atoms with van der Waals surface area (Å²) in [5.41, 5.74) is 0.797. The number of para-hydroxylation sites is 1. The molecule has 1 atom stereocenters. The molecule has 24 heavy (non-hydrogen) atoms. The number of likely N-dealkylation sites (N-methyl/N-ethyl adjacent to an activating group) is 1. The summed E-state index contributed by atoms with van der Waals surface area (Å²) in [7, 11) is 0. The van der Waals surface area contributed by atoms with Crippen molar-refractivity contribution >= 4 is 44.2 Å². The summed E-state index contributed by atoms with van der Waals surface area (Å²) >= 11 is 7.48. The summed E-state index contributed by atoms with van der Waals surface area (Å²) in [6, 6.07) is 14.9. The van der Waals surface area contributed by atoms with Crippen LogP contribution in [-0.4, -0.2) is 23.5 Å². The van der Waals surface area contributed by atoms with Crippen LogP contribution in [0.2, 0.25) is 5.02 Å². The van der Waals surface area contributed by atoms with Crippen molar-refractivity contribution in [2.75, 3.05) is 11.4 Å². The third-order valence-electron chi connectivity index (χ3n) is 3.56. The minimum Gasteiger partial charge on any atom is -0.481 e. The van der Waals surface area contributed by atoms with Crippen molar-refractivity contribution in [1.82, 2.24) is 4.98 Å². The van der Waals surface area contributed by atoms with Crippen molar-refractivity contribution in [1.29, 1.82) is 0 Å². The van der Waals surface area contributed by atoms with Gasteiger partial charge in [0.05, 0.1) is 10.2 Å². The van der Waals surface area contributed by atoms with E-state index in [1.807, 2.05) is 49.4 Å². The second kappa shape index (κ2) is 7.20. The van der Waals surface area contributed by atoms with Crippen LogP contribution in [0.15, 0.2) is 48.5 Å². The molecule has 1 amide bonds. The highest BCUT2D eigenvalue weighted by atomic mass is 35.5. The molecule has 0 N–H and O–H groups in total. The molecule has 124 valence electrons. The van der Waals surface area contributed by atoms with Crippen LogP contribution >= 0.6 is 22.9 Å². The van der Waals surface area contributed by atoms with Crippen molar-refractivity contribution in [3.05, 3.63) is 53.6 Å². The van der Waals surface area contributed by atoms with Gasteiger partial charge in [-0.3, -0.25) is 9.69 Å². The van der Waals surface area contributed by atoms with Gasteiger partial charge >= 0.3 is 0 Å². The maximum Gasteiger partial charge on any atom is 0.269 e. The lowest BCUT2D eigenvalue weighted by Gasteiger charge is -2.22. The molecule has 6 heteroatoms. The second-order valence-corrected chi connectivity index (χ2v) is 6.71. The van der Waals surface area contributed by atoms with Gasteiger partial charge in [0, 0.05) is 11.6 Å². The van der Waals surface area contributed by atoms with Gasteiger partial charge in [0.2, 0.25) is 0 Å². The van der Waals surface area contributed by atoms with Crippen molar-refractivity contribution in [3.63, 3.8) is 0 Å². The number of aromatic nitrogens is 1. The maximum absolute atomic E-state index is 12.8. The lowest BCUT2D eigenvalue weighted by molar-refractivity contribution is -0.124. The quantitative estimate of drug-likeness (QED) is 0.658. The van der Waals surface area contributed by atoms with Crippen LogP contribution in [0.1, 0.15) is 13.8 Å². The van der Waals surface area contributed by atoms with Crippen LogP contribution in [-0.2, 0) is 4.79 Å². The number of hydrogen-bond donors (Lipinski definition) is 0. The van der Waals surface area contributed by atoms with Gasteiger partial charge < -0.3 is 4.74 Å². The number of ether oxygens (including phenoxy) is 1. The molecule has 0 saturated heterocycles. The molecular weight excluding hydrogens is 344 g/mol. The third kappa shape index (κ3) is 3.52. The molecule has 0 spiro atoms. The van der Waals surface area contributed by atoms with Gasteiger partial charge in [-0.05, 0) is 44.2 Å². The highest BCUT2D eigenvalue weighted by Crippen LogP contribution is 2.31. The largest absolute Gasteiger partial charge is 0.481 e. The van der Waals surface area contributed by atoms with Gasteiger partial charge in [-0.25, -0.2) is 4.98 Å². The normalized spacial score (nSPS) is 12.1. The summed E-state index contributed by atoms with van der Waals surface area (Å²) in [5.74, 6) is 0.553. The number of carbonyl (C=O) groups excluding carboxylic acids is 1. The SMILES string of the molecule is CCN(C(=O)C(C)Oc1ccccc1)c1nc2cc(Cl)ccc2s1. The maximum atomic E-state index is 12.8. The number of rotatable bonds is 5. The summed E-state index contributed by atoms with van der Waals surface area (Å²) in [4.78, 5) is 18.9. The average molecular weight is 361 g/mol. The third-order valence-corrected chi connectivity index (χ3v) is 4.85. The highest BCUT2D eigenvalue weighted by Gasteiger charge is 2.24. The fraction of sp³-hybridized carbons (Fsp3) is 0.222. The zero-order valence-electron chi connectivity index (χ0n) is 13.4. The van der Waals surface area contributed by atoms with Crippen LogP contribution in [0.3, 0.4) is 0 Å². The standard InChI is InChI=1S/C18H17ClN2O2S/c1-3-21(17(22)12(2)23-14-7-5-4-6-8-14)18-20-15-11-13(19)9-10-16(15)24-18/h4-12H,3H2,1-2H3. The van der Waals surface area contributed by atoms with E-state index in [4.69, 9.17) is 16.3 Å². The number of thiazole rings is 1. The first-order chi connectivity index (χ1) is 11.6. The molecule has 1 aromatic heterocycles. The summed E-state index contributed by atoms with van der Waals surface area (Å²) in [6.07, 6.45) is -0.594. The molecule has 2 aromatic carbocycles. The van der Waals surface area contributed by atoms with E-state index in [9.17, 15) is 4.79 Å². The molecule has 3 rings (SSSR count). The number of benzene rings is 2. The van der Waals surface area contributed by atoms with E-state index in [0.717, 1.165) is 10.2 Å². The van der Waals surface area contributed by atoms with Gasteiger partial charge in [-0.1, -0.05) is 41.1 Å². The van der Waals surface area contributed by atoms with Crippen molar-refractivity contribution in [2.45, 2.75) is 20.0 Å². The molecule has 3 aromatic rings. The van der Waals surface area contributed by atoms with E-state index in [0.29, 0.717) is 22.4 Å². The monoisotopic (exact) mass is 360 g/mol. The minimum atomic E-state index is -0.594. The lowest BCUT2D eigenvalue weighted by Crippen LogP contribution is -2.40. The zero-order chi connectivity index (χ0) is 17.1.